The molecule has 0 radical (unpaired) electrons. The van der Waals surface area contributed by atoms with E-state index in [1.807, 2.05) is 0 Å². The summed E-state index contributed by atoms with van der Waals surface area (Å²) in [6.45, 7) is 4.28. The van der Waals surface area contributed by atoms with Crippen LogP contribution >= 0.6 is 0 Å². The molecule has 0 fully saturated rings. The van der Waals surface area contributed by atoms with E-state index in [9.17, 15) is 4.79 Å². The van der Waals surface area contributed by atoms with Gasteiger partial charge in [0.1, 0.15) is 11.4 Å². The first-order valence-electron chi connectivity index (χ1n) is 4.75. The quantitative estimate of drug-likeness (QED) is 0.757. The molecule has 0 atom stereocenters. The van der Waals surface area contributed by atoms with Gasteiger partial charge in [-0.05, 0) is 26.0 Å². The molecule has 0 aromatic carbocycles. The van der Waals surface area contributed by atoms with Crippen molar-refractivity contribution in [1.82, 2.24) is 4.98 Å². The van der Waals surface area contributed by atoms with Crippen LogP contribution in [0.1, 0.15) is 24.2 Å². The summed E-state index contributed by atoms with van der Waals surface area (Å²) < 4.78 is 10.0. The molecule has 1 aromatic heterocycles. The first kappa shape index (κ1) is 11.3. The largest absolute Gasteiger partial charge is 0.477 e. The van der Waals surface area contributed by atoms with Gasteiger partial charge in [0.15, 0.2) is 0 Å². The minimum absolute atomic E-state index is 0.218. The minimum Gasteiger partial charge on any atom is -0.477 e. The van der Waals surface area contributed by atoms with Crippen molar-refractivity contribution in [3.8, 4) is 5.88 Å². The SMILES string of the molecule is CCOC(=O)c1ccc(N)nc1OCC. The number of pyridine rings is 1. The van der Waals surface area contributed by atoms with Crippen molar-refractivity contribution < 1.29 is 14.3 Å². The third kappa shape index (κ3) is 2.83. The number of anilines is 1. The van der Waals surface area contributed by atoms with Crippen molar-refractivity contribution in [3.63, 3.8) is 0 Å². The Kier molecular flexibility index (Phi) is 3.91. The van der Waals surface area contributed by atoms with Crippen LogP contribution in [-0.4, -0.2) is 24.2 Å². The minimum atomic E-state index is -0.451. The van der Waals surface area contributed by atoms with Crippen LogP contribution in [0.25, 0.3) is 0 Å². The average Bonchev–Trinajstić information content (AvgIpc) is 2.18. The highest BCUT2D eigenvalue weighted by Gasteiger charge is 2.14. The molecule has 15 heavy (non-hydrogen) atoms. The lowest BCUT2D eigenvalue weighted by molar-refractivity contribution is 0.0521. The van der Waals surface area contributed by atoms with Crippen LogP contribution in [0.15, 0.2) is 12.1 Å². The molecule has 82 valence electrons. The fraction of sp³-hybridized carbons (Fsp3) is 0.400. The van der Waals surface area contributed by atoms with Crippen LogP contribution < -0.4 is 10.5 Å². The number of carbonyl (C=O) groups excluding carboxylic acids is 1. The maximum Gasteiger partial charge on any atom is 0.343 e. The predicted octanol–water partition coefficient (Wildman–Crippen LogP) is 1.24. The summed E-state index contributed by atoms with van der Waals surface area (Å²) in [4.78, 5) is 15.4. The molecule has 0 unspecified atom stereocenters. The van der Waals surface area contributed by atoms with Gasteiger partial charge in [-0.1, -0.05) is 0 Å². The summed E-state index contributed by atoms with van der Waals surface area (Å²) in [6.07, 6.45) is 0. The molecule has 5 heteroatoms. The normalized spacial score (nSPS) is 9.73. The third-order valence-corrected chi connectivity index (χ3v) is 1.66. The lowest BCUT2D eigenvalue weighted by atomic mass is 10.2. The van der Waals surface area contributed by atoms with Crippen LogP contribution in [0.4, 0.5) is 5.82 Å². The van der Waals surface area contributed by atoms with Crippen LogP contribution in [0.5, 0.6) is 5.88 Å². The number of aromatic nitrogens is 1. The van der Waals surface area contributed by atoms with Gasteiger partial charge < -0.3 is 15.2 Å². The number of nitrogens with zero attached hydrogens (tertiary/aromatic N) is 1. The van der Waals surface area contributed by atoms with E-state index in [-0.39, 0.29) is 5.88 Å². The van der Waals surface area contributed by atoms with Crippen LogP contribution in [0.2, 0.25) is 0 Å². The summed E-state index contributed by atoms with van der Waals surface area (Å²) in [5.74, 6) is 0.0795. The molecule has 5 nitrogen and oxygen atoms in total. The van der Waals surface area contributed by atoms with E-state index in [1.54, 1.807) is 19.9 Å². The number of carbonyl (C=O) groups is 1. The third-order valence-electron chi connectivity index (χ3n) is 1.66. The van der Waals surface area contributed by atoms with Gasteiger partial charge in [0.05, 0.1) is 13.2 Å². The van der Waals surface area contributed by atoms with Gasteiger partial charge in [-0.3, -0.25) is 0 Å². The molecule has 0 bridgehead atoms. The number of ether oxygens (including phenoxy) is 2. The van der Waals surface area contributed by atoms with Gasteiger partial charge in [0.2, 0.25) is 5.88 Å². The van der Waals surface area contributed by atoms with E-state index in [2.05, 4.69) is 4.98 Å². The van der Waals surface area contributed by atoms with Crippen molar-refractivity contribution >= 4 is 11.8 Å². The topological polar surface area (TPSA) is 74.4 Å². The highest BCUT2D eigenvalue weighted by molar-refractivity contribution is 5.92. The molecule has 0 spiro atoms. The number of esters is 1. The fourth-order valence-corrected chi connectivity index (χ4v) is 1.07. The van der Waals surface area contributed by atoms with Gasteiger partial charge >= 0.3 is 5.97 Å². The number of rotatable bonds is 4. The summed E-state index contributed by atoms with van der Waals surface area (Å²) in [6, 6.07) is 3.08. The van der Waals surface area contributed by atoms with Gasteiger partial charge in [0.25, 0.3) is 0 Å². The maximum absolute atomic E-state index is 11.5. The Hall–Kier alpha value is -1.78. The molecule has 1 rings (SSSR count). The predicted molar refractivity (Wildman–Crippen MR) is 55.8 cm³/mol. The van der Waals surface area contributed by atoms with E-state index in [0.717, 1.165) is 0 Å². The second-order valence-electron chi connectivity index (χ2n) is 2.74. The Morgan fingerprint density at radius 3 is 2.73 bits per heavy atom. The lowest BCUT2D eigenvalue weighted by Gasteiger charge is -2.08. The molecular formula is C10H14N2O3. The summed E-state index contributed by atoms with van der Waals surface area (Å²) in [7, 11) is 0. The summed E-state index contributed by atoms with van der Waals surface area (Å²) >= 11 is 0. The lowest BCUT2D eigenvalue weighted by Crippen LogP contribution is -2.09. The molecule has 0 aliphatic heterocycles. The molecule has 1 heterocycles. The van der Waals surface area contributed by atoms with Crippen molar-refractivity contribution in [3.05, 3.63) is 17.7 Å². The second-order valence-corrected chi connectivity index (χ2v) is 2.74. The Morgan fingerprint density at radius 1 is 1.40 bits per heavy atom. The first-order chi connectivity index (χ1) is 7.19. The fourth-order valence-electron chi connectivity index (χ4n) is 1.07. The summed E-state index contributed by atoms with van der Waals surface area (Å²) in [5.41, 5.74) is 5.79. The molecule has 0 aliphatic rings. The van der Waals surface area contributed by atoms with E-state index < -0.39 is 5.97 Å². The number of hydrogen-bond donors (Lipinski definition) is 1. The highest BCUT2D eigenvalue weighted by atomic mass is 16.5. The van der Waals surface area contributed by atoms with Gasteiger partial charge in [-0.15, -0.1) is 0 Å². The van der Waals surface area contributed by atoms with Crippen LogP contribution in [0, 0.1) is 0 Å². The summed E-state index contributed by atoms with van der Waals surface area (Å²) in [5, 5.41) is 0. The Bertz CT molecular complexity index is 353. The highest BCUT2D eigenvalue weighted by Crippen LogP contribution is 2.18. The van der Waals surface area contributed by atoms with Gasteiger partial charge in [-0.25, -0.2) is 4.79 Å². The number of nitrogens with two attached hydrogens (primary N) is 1. The van der Waals surface area contributed by atoms with Gasteiger partial charge in [0, 0.05) is 0 Å². The standard InChI is InChI=1S/C10H14N2O3/c1-3-14-9-7(10(13)15-4-2)5-6-8(11)12-9/h5-6H,3-4H2,1-2H3,(H2,11,12). The molecule has 0 aliphatic carbocycles. The maximum atomic E-state index is 11.5. The Labute approximate surface area is 88.2 Å². The smallest absolute Gasteiger partial charge is 0.343 e. The van der Waals surface area contributed by atoms with Crippen molar-refractivity contribution in [2.45, 2.75) is 13.8 Å². The number of hydrogen-bond acceptors (Lipinski definition) is 5. The zero-order valence-corrected chi connectivity index (χ0v) is 8.82. The molecule has 0 saturated heterocycles. The first-order valence-corrected chi connectivity index (χ1v) is 4.75. The van der Waals surface area contributed by atoms with E-state index in [1.165, 1.54) is 6.07 Å². The Balaban J connectivity index is 2.99. The number of nitrogen functional groups attached to an aromatic ring is 1. The molecule has 0 saturated carbocycles. The molecule has 1 aromatic rings. The molecular weight excluding hydrogens is 196 g/mol. The molecule has 0 amide bonds. The second kappa shape index (κ2) is 5.19. The molecule has 2 N–H and O–H groups in total. The van der Waals surface area contributed by atoms with Crippen LogP contribution in [0.3, 0.4) is 0 Å². The van der Waals surface area contributed by atoms with Crippen molar-refractivity contribution in [2.24, 2.45) is 0 Å². The monoisotopic (exact) mass is 210 g/mol. The van der Waals surface area contributed by atoms with Crippen molar-refractivity contribution in [2.75, 3.05) is 18.9 Å². The van der Waals surface area contributed by atoms with Crippen LogP contribution in [-0.2, 0) is 4.74 Å². The zero-order chi connectivity index (χ0) is 11.3. The van der Waals surface area contributed by atoms with Crippen molar-refractivity contribution in [1.29, 1.82) is 0 Å². The van der Waals surface area contributed by atoms with E-state index in [4.69, 9.17) is 15.2 Å². The van der Waals surface area contributed by atoms with E-state index in [0.29, 0.717) is 24.6 Å². The van der Waals surface area contributed by atoms with Gasteiger partial charge in [-0.2, -0.15) is 4.98 Å². The van der Waals surface area contributed by atoms with E-state index >= 15 is 0 Å². The zero-order valence-electron chi connectivity index (χ0n) is 8.82. The average molecular weight is 210 g/mol. The Morgan fingerprint density at radius 2 is 2.13 bits per heavy atom.